The Balaban J connectivity index is 1.62. The van der Waals surface area contributed by atoms with Crippen LogP contribution in [0.25, 0.3) is 0 Å². The van der Waals surface area contributed by atoms with Gasteiger partial charge in [0.1, 0.15) is 0 Å². The van der Waals surface area contributed by atoms with Gasteiger partial charge in [0.2, 0.25) is 0 Å². The van der Waals surface area contributed by atoms with Crippen LogP contribution in [0.1, 0.15) is 58.4 Å². The summed E-state index contributed by atoms with van der Waals surface area (Å²) in [6.07, 6.45) is 1.52. The molecule has 3 rings (SSSR count). The number of hydrogen-bond donors (Lipinski definition) is 0. The predicted molar refractivity (Wildman–Crippen MR) is 117 cm³/mol. The number of rotatable bonds is 6. The highest BCUT2D eigenvalue weighted by atomic mass is 32.2. The molecule has 0 aromatic heterocycles. The number of thioether (sulfide) groups is 1. The number of likely N-dealkylation sites (tertiary alicyclic amines) is 1. The van der Waals surface area contributed by atoms with Crippen molar-refractivity contribution in [3.63, 3.8) is 0 Å². The first-order valence-corrected chi connectivity index (χ1v) is 12.0. The van der Waals surface area contributed by atoms with E-state index in [1.54, 1.807) is 23.9 Å². The van der Waals surface area contributed by atoms with Gasteiger partial charge in [0.25, 0.3) is 0 Å². The molecule has 0 bridgehead atoms. The highest BCUT2D eigenvalue weighted by molar-refractivity contribution is 7.99. The maximum absolute atomic E-state index is 13.6. The van der Waals surface area contributed by atoms with E-state index in [-0.39, 0.29) is 0 Å². The van der Waals surface area contributed by atoms with Crippen LogP contribution in [0.4, 0.5) is 18.9 Å². The van der Waals surface area contributed by atoms with Crippen molar-refractivity contribution in [1.29, 1.82) is 0 Å². The summed E-state index contributed by atoms with van der Waals surface area (Å²) in [6, 6.07) is 4.64. The smallest absolute Gasteiger partial charge is 0.371 e. The highest BCUT2D eigenvalue weighted by Crippen LogP contribution is 2.40. The van der Waals surface area contributed by atoms with Gasteiger partial charge in [0.15, 0.2) is 0 Å². The van der Waals surface area contributed by atoms with E-state index in [1.807, 2.05) is 4.90 Å². The fourth-order valence-corrected chi connectivity index (χ4v) is 5.53. The number of alkyl halides is 3. The summed E-state index contributed by atoms with van der Waals surface area (Å²) in [5.74, 6) is 1.48. The van der Waals surface area contributed by atoms with Gasteiger partial charge >= 0.3 is 6.18 Å². The van der Waals surface area contributed by atoms with E-state index in [1.165, 1.54) is 38.4 Å². The first-order chi connectivity index (χ1) is 13.8. The van der Waals surface area contributed by atoms with E-state index >= 15 is 0 Å². The number of hydrogen-bond acceptors (Lipinski definition) is 3. The molecule has 0 radical (unpaired) electrons. The van der Waals surface area contributed by atoms with Gasteiger partial charge in [-0.1, -0.05) is 27.2 Å². The number of nitrogens with zero attached hydrogens (tertiary/aromatic N) is 2. The van der Waals surface area contributed by atoms with Crippen LogP contribution >= 0.6 is 11.8 Å². The Morgan fingerprint density at radius 1 is 1.00 bits per heavy atom. The normalized spacial score (nSPS) is 20.6. The van der Waals surface area contributed by atoms with Crippen LogP contribution in [0.2, 0.25) is 0 Å². The topological polar surface area (TPSA) is 6.48 Å². The zero-order chi connectivity index (χ0) is 21.0. The number of benzene rings is 1. The molecule has 2 aliphatic rings. The van der Waals surface area contributed by atoms with E-state index in [0.29, 0.717) is 16.9 Å². The molecule has 1 aromatic carbocycles. The van der Waals surface area contributed by atoms with Gasteiger partial charge in [-0.25, -0.2) is 0 Å². The first-order valence-electron chi connectivity index (χ1n) is 11.1. The zero-order valence-corrected chi connectivity index (χ0v) is 18.8. The Morgan fingerprint density at radius 2 is 1.62 bits per heavy atom. The van der Waals surface area contributed by atoms with Crippen molar-refractivity contribution in [1.82, 2.24) is 4.90 Å². The Hall–Kier alpha value is -0.880. The Labute approximate surface area is 178 Å². The van der Waals surface area contributed by atoms with E-state index in [4.69, 9.17) is 0 Å². The third-order valence-electron chi connectivity index (χ3n) is 6.40. The molecule has 2 heterocycles. The van der Waals surface area contributed by atoms with Crippen LogP contribution in [0.5, 0.6) is 0 Å². The molecule has 29 heavy (non-hydrogen) atoms. The monoisotopic (exact) mass is 428 g/mol. The minimum Gasteiger partial charge on any atom is -0.371 e. The van der Waals surface area contributed by atoms with Crippen molar-refractivity contribution >= 4 is 17.4 Å². The highest BCUT2D eigenvalue weighted by Gasteiger charge is 2.36. The third-order valence-corrected chi connectivity index (χ3v) is 7.40. The van der Waals surface area contributed by atoms with Gasteiger partial charge in [-0.2, -0.15) is 13.2 Å². The SMILES string of the molecule is CCC1CCN(CC2CCN(c3cc(SC(C)C)ccc3C(F)(F)F)CC2)CC1. The fourth-order valence-electron chi connectivity index (χ4n) is 4.66. The van der Waals surface area contributed by atoms with Crippen molar-refractivity contribution in [3.05, 3.63) is 23.8 Å². The second kappa shape index (κ2) is 9.95. The van der Waals surface area contributed by atoms with Crippen molar-refractivity contribution in [3.8, 4) is 0 Å². The first kappa shape index (κ1) is 22.8. The number of piperidine rings is 2. The van der Waals surface area contributed by atoms with Crippen LogP contribution in [0, 0.1) is 11.8 Å². The van der Waals surface area contributed by atoms with Gasteiger partial charge in [0.05, 0.1) is 11.3 Å². The summed E-state index contributed by atoms with van der Waals surface area (Å²) in [6.45, 7) is 11.3. The minimum absolute atomic E-state index is 0.349. The molecule has 164 valence electrons. The molecule has 6 heteroatoms. The molecule has 1 aromatic rings. The molecular weight excluding hydrogens is 393 g/mol. The van der Waals surface area contributed by atoms with Crippen molar-refractivity contribution in [2.24, 2.45) is 11.8 Å². The van der Waals surface area contributed by atoms with Gasteiger partial charge in [0, 0.05) is 29.8 Å². The summed E-state index contributed by atoms with van der Waals surface area (Å²) in [7, 11) is 0. The summed E-state index contributed by atoms with van der Waals surface area (Å²) in [5.41, 5.74) is -0.129. The summed E-state index contributed by atoms with van der Waals surface area (Å²) in [5, 5.41) is 0.349. The van der Waals surface area contributed by atoms with Crippen LogP contribution in [-0.2, 0) is 6.18 Å². The average Bonchev–Trinajstić information content (AvgIpc) is 2.68. The molecule has 0 aliphatic carbocycles. The lowest BCUT2D eigenvalue weighted by atomic mass is 9.91. The molecule has 2 aliphatic heterocycles. The van der Waals surface area contributed by atoms with Crippen LogP contribution in [0.3, 0.4) is 0 Å². The summed E-state index contributed by atoms with van der Waals surface area (Å²) >= 11 is 1.62. The summed E-state index contributed by atoms with van der Waals surface area (Å²) in [4.78, 5) is 5.46. The zero-order valence-electron chi connectivity index (χ0n) is 18.0. The maximum atomic E-state index is 13.6. The molecular formula is C23H35F3N2S. The second-order valence-electron chi connectivity index (χ2n) is 8.93. The second-order valence-corrected chi connectivity index (χ2v) is 10.6. The molecule has 0 saturated carbocycles. The third kappa shape index (κ3) is 6.30. The van der Waals surface area contributed by atoms with Gasteiger partial charge in [-0.3, -0.25) is 0 Å². The largest absolute Gasteiger partial charge is 0.418 e. The molecule has 0 spiro atoms. The predicted octanol–water partition coefficient (Wildman–Crippen LogP) is 6.54. The van der Waals surface area contributed by atoms with Gasteiger partial charge in [-0.05, 0) is 68.8 Å². The lowest BCUT2D eigenvalue weighted by molar-refractivity contribution is -0.137. The maximum Gasteiger partial charge on any atom is 0.418 e. The van der Waals surface area contributed by atoms with Gasteiger partial charge < -0.3 is 9.80 Å². The van der Waals surface area contributed by atoms with E-state index < -0.39 is 11.7 Å². The standard InChI is InChI=1S/C23H35F3N2S/c1-4-18-7-11-27(12-8-18)16-19-9-13-28(14-10-19)22-15-20(29-17(2)3)5-6-21(22)23(24,25)26/h5-6,15,17-19H,4,7-14,16H2,1-3H3. The molecule has 2 fully saturated rings. The van der Waals surface area contributed by atoms with Crippen molar-refractivity contribution in [2.75, 3.05) is 37.6 Å². The molecule has 0 amide bonds. The molecule has 0 N–H and O–H groups in total. The number of anilines is 1. The molecule has 2 nitrogen and oxygen atoms in total. The molecule has 0 unspecified atom stereocenters. The quantitative estimate of drug-likeness (QED) is 0.475. The lowest BCUT2D eigenvalue weighted by Crippen LogP contribution is -2.42. The Bertz CT molecular complexity index is 646. The van der Waals surface area contributed by atoms with Crippen LogP contribution in [-0.4, -0.2) is 42.9 Å². The minimum atomic E-state index is -4.31. The van der Waals surface area contributed by atoms with E-state index in [9.17, 15) is 13.2 Å². The Kier molecular flexibility index (Phi) is 7.82. The van der Waals surface area contributed by atoms with Gasteiger partial charge in [-0.15, -0.1) is 11.8 Å². The van der Waals surface area contributed by atoms with Crippen molar-refractivity contribution < 1.29 is 13.2 Å². The summed E-state index contributed by atoms with van der Waals surface area (Å²) < 4.78 is 40.8. The van der Waals surface area contributed by atoms with Crippen molar-refractivity contribution in [2.45, 2.75) is 69.2 Å². The van der Waals surface area contributed by atoms with E-state index in [0.717, 1.165) is 43.3 Å². The average molecular weight is 429 g/mol. The lowest BCUT2D eigenvalue weighted by Gasteiger charge is -2.39. The molecule has 0 atom stereocenters. The van der Waals surface area contributed by atoms with Crippen LogP contribution < -0.4 is 4.90 Å². The molecule has 2 saturated heterocycles. The van der Waals surface area contributed by atoms with Crippen LogP contribution in [0.15, 0.2) is 23.1 Å². The Morgan fingerprint density at radius 3 is 2.17 bits per heavy atom. The fraction of sp³-hybridized carbons (Fsp3) is 0.739. The number of halogens is 3. The van der Waals surface area contributed by atoms with E-state index in [2.05, 4.69) is 25.7 Å².